The Morgan fingerprint density at radius 2 is 1.89 bits per heavy atom. The van der Waals surface area contributed by atoms with Crippen molar-refractivity contribution in [3.05, 3.63) is 88.9 Å². The van der Waals surface area contributed by atoms with E-state index < -0.39 is 0 Å². The highest BCUT2D eigenvalue weighted by Gasteiger charge is 2.18. The number of nitriles is 1. The van der Waals surface area contributed by atoms with Gasteiger partial charge in [0.2, 0.25) is 6.41 Å². The van der Waals surface area contributed by atoms with Crippen LogP contribution < -0.4 is 20.7 Å². The third kappa shape index (κ3) is 9.36. The number of hydrogen-bond donors (Lipinski definition) is 4. The van der Waals surface area contributed by atoms with Crippen LogP contribution in [-0.4, -0.2) is 54.7 Å². The van der Waals surface area contributed by atoms with Gasteiger partial charge in [0.1, 0.15) is 11.8 Å². The summed E-state index contributed by atoms with van der Waals surface area (Å²) in [6.45, 7) is 9.79. The molecule has 4 N–H and O–H groups in total. The number of amides is 1. The molecule has 0 aliphatic carbocycles. The van der Waals surface area contributed by atoms with E-state index in [0.29, 0.717) is 76.5 Å². The molecule has 10 heteroatoms. The van der Waals surface area contributed by atoms with Gasteiger partial charge in [0.25, 0.3) is 0 Å². The lowest BCUT2D eigenvalue weighted by Gasteiger charge is -2.18. The van der Waals surface area contributed by atoms with Crippen molar-refractivity contribution < 1.29 is 9.53 Å². The quantitative estimate of drug-likeness (QED) is 0.0739. The zero-order valence-corrected chi connectivity index (χ0v) is 26.9. The molecule has 0 atom stereocenters. The number of anilines is 4. The fraction of sp³-hybridized carbons (Fsp3) is 0.286. The molecule has 0 saturated heterocycles. The number of carbonyl (C=O) groups is 1. The Morgan fingerprint density at radius 3 is 2.49 bits per heavy atom. The van der Waals surface area contributed by atoms with Gasteiger partial charge in [-0.15, -0.1) is 0 Å². The summed E-state index contributed by atoms with van der Waals surface area (Å²) in [5.74, 6) is 0.502. The molecule has 2 aromatic carbocycles. The predicted molar refractivity (Wildman–Crippen MR) is 184 cm³/mol. The Balaban J connectivity index is 0.000000707. The number of pyridine rings is 2. The summed E-state index contributed by atoms with van der Waals surface area (Å²) in [5.41, 5.74) is 6.79. The highest BCUT2D eigenvalue weighted by molar-refractivity contribution is 6.01. The van der Waals surface area contributed by atoms with Gasteiger partial charge in [-0.1, -0.05) is 25.1 Å². The second-order valence-corrected chi connectivity index (χ2v) is 10.4. The molecule has 0 radical (unpaired) electrons. The molecule has 0 spiro atoms. The summed E-state index contributed by atoms with van der Waals surface area (Å²) in [6.07, 6.45) is 6.61. The average Bonchev–Trinajstić information content (AvgIpc) is 3.03. The maximum atomic E-state index is 11.2. The van der Waals surface area contributed by atoms with Crippen molar-refractivity contribution in [3.63, 3.8) is 0 Å². The van der Waals surface area contributed by atoms with Crippen LogP contribution in [-0.2, 0) is 17.8 Å². The summed E-state index contributed by atoms with van der Waals surface area (Å²) in [4.78, 5) is 22.6. The van der Waals surface area contributed by atoms with E-state index in [4.69, 9.17) is 15.1 Å². The minimum absolute atomic E-state index is 0.422. The van der Waals surface area contributed by atoms with Crippen LogP contribution in [0.5, 0.6) is 5.75 Å². The summed E-state index contributed by atoms with van der Waals surface area (Å²) < 4.78 is 5.71. The number of nitrogens with zero attached hydrogens (tertiary/aromatic N) is 4. The number of carbonyl (C=O) groups excluding carboxylic acids is 1. The normalized spacial score (nSPS) is 10.6. The van der Waals surface area contributed by atoms with Crippen molar-refractivity contribution in [1.82, 2.24) is 14.9 Å². The highest BCUT2D eigenvalue weighted by Crippen LogP contribution is 2.37. The van der Waals surface area contributed by atoms with Crippen molar-refractivity contribution in [2.75, 3.05) is 43.2 Å². The molecule has 234 valence electrons. The number of ether oxygens (including phenoxy) is 1. The molecule has 1 amide bonds. The van der Waals surface area contributed by atoms with E-state index in [-0.39, 0.29) is 0 Å². The fourth-order valence-electron chi connectivity index (χ4n) is 4.56. The van der Waals surface area contributed by atoms with Gasteiger partial charge >= 0.3 is 0 Å². The Labute approximate surface area is 265 Å². The average molecular weight is 607 g/mol. The molecule has 4 rings (SSSR count). The Bertz CT molecular complexity index is 1690. The Hall–Kier alpha value is -5.27. The summed E-state index contributed by atoms with van der Waals surface area (Å²) in [5, 5.41) is 28.1. The van der Waals surface area contributed by atoms with E-state index in [1.807, 2.05) is 64.1 Å². The first-order valence-corrected chi connectivity index (χ1v) is 14.9. The molecule has 0 bridgehead atoms. The van der Waals surface area contributed by atoms with E-state index in [2.05, 4.69) is 58.2 Å². The number of hydrogen-bond acceptors (Lipinski definition) is 9. The number of benzene rings is 2. The van der Waals surface area contributed by atoms with E-state index in [1.165, 1.54) is 6.21 Å². The van der Waals surface area contributed by atoms with Gasteiger partial charge in [-0.25, -0.2) is 0 Å². The highest BCUT2D eigenvalue weighted by atomic mass is 16.5. The maximum absolute atomic E-state index is 11.2. The second-order valence-electron chi connectivity index (χ2n) is 10.4. The molecule has 0 aliphatic rings. The van der Waals surface area contributed by atoms with Crippen LogP contribution >= 0.6 is 0 Å². The smallest absolute Gasteiger partial charge is 0.211 e. The molecule has 0 fully saturated rings. The molecular formula is C35H42N8O2. The zero-order chi connectivity index (χ0) is 32.8. The van der Waals surface area contributed by atoms with Gasteiger partial charge in [0.15, 0.2) is 0 Å². The number of aromatic nitrogens is 2. The maximum Gasteiger partial charge on any atom is 0.211 e. The first-order valence-electron chi connectivity index (χ1n) is 14.9. The first kappa shape index (κ1) is 34.2. The van der Waals surface area contributed by atoms with Gasteiger partial charge in [-0.2, -0.15) is 5.26 Å². The molecule has 2 heterocycles. The SMILES string of the molecule is C/C=C/CN(C)C.CCOc1cc2nc(CC)c(C#N)c(Nc3ccc(NCc4cccc(C)n4)c(C=N)c3)c2cc1NC=O. The standard InChI is InChI=1S/C29H29N7O2.C6H13N/c1-4-24-23(15-31)29(22-12-27(33-17-37)28(38-5-2)13-26(22)36-24)35-20-9-10-25(19(11-20)14-30)32-16-21-8-6-7-18(3)34-21;1-4-5-6-7(2)3/h6-14,17,30,32H,4-5,16H2,1-3H3,(H,33,37)(H,35,36);4-5H,6H2,1-3H3/b;5-4+. The topological polar surface area (TPSA) is 139 Å². The lowest BCUT2D eigenvalue weighted by molar-refractivity contribution is -0.105. The lowest BCUT2D eigenvalue weighted by atomic mass is 10.0. The molecule has 10 nitrogen and oxygen atoms in total. The minimum atomic E-state index is 0.422. The molecule has 0 saturated carbocycles. The largest absolute Gasteiger partial charge is 0.492 e. The van der Waals surface area contributed by atoms with Crippen LogP contribution in [0.15, 0.2) is 60.7 Å². The predicted octanol–water partition coefficient (Wildman–Crippen LogP) is 6.82. The molecular weight excluding hydrogens is 564 g/mol. The summed E-state index contributed by atoms with van der Waals surface area (Å²) in [7, 11) is 4.11. The zero-order valence-electron chi connectivity index (χ0n) is 26.9. The van der Waals surface area contributed by atoms with Crippen LogP contribution in [0.2, 0.25) is 0 Å². The van der Waals surface area contributed by atoms with Crippen molar-refractivity contribution in [2.45, 2.75) is 40.7 Å². The Morgan fingerprint density at radius 1 is 1.09 bits per heavy atom. The van der Waals surface area contributed by atoms with Gasteiger partial charge in [-0.3, -0.25) is 14.8 Å². The number of rotatable bonds is 13. The Kier molecular flexibility index (Phi) is 13.0. The number of likely N-dealkylation sites (N-methyl/N-ethyl adjacent to an activating group) is 1. The monoisotopic (exact) mass is 606 g/mol. The van der Waals surface area contributed by atoms with Crippen LogP contribution in [0.1, 0.15) is 49.0 Å². The number of fused-ring (bicyclic) bond motifs is 1. The third-order valence-corrected chi connectivity index (χ3v) is 6.71. The van der Waals surface area contributed by atoms with Crippen molar-refractivity contribution >= 4 is 46.3 Å². The van der Waals surface area contributed by atoms with Gasteiger partial charge in [0.05, 0.1) is 47.0 Å². The summed E-state index contributed by atoms with van der Waals surface area (Å²) in [6, 6.07) is 17.3. The van der Waals surface area contributed by atoms with Crippen LogP contribution in [0.25, 0.3) is 10.9 Å². The number of allylic oxidation sites excluding steroid dienone is 1. The van der Waals surface area contributed by atoms with E-state index in [0.717, 1.165) is 23.6 Å². The van der Waals surface area contributed by atoms with Gasteiger partial charge in [0, 0.05) is 46.8 Å². The number of nitrogens with one attached hydrogen (secondary N) is 4. The van der Waals surface area contributed by atoms with Crippen molar-refractivity contribution in [1.29, 1.82) is 10.7 Å². The minimum Gasteiger partial charge on any atom is -0.492 e. The van der Waals surface area contributed by atoms with E-state index in [9.17, 15) is 10.1 Å². The van der Waals surface area contributed by atoms with Crippen molar-refractivity contribution in [3.8, 4) is 11.8 Å². The lowest BCUT2D eigenvalue weighted by Crippen LogP contribution is -2.10. The first-order chi connectivity index (χ1) is 21.8. The molecule has 2 aromatic heterocycles. The number of aryl methyl sites for hydroxylation is 2. The van der Waals surface area contributed by atoms with E-state index in [1.54, 1.807) is 12.1 Å². The van der Waals surface area contributed by atoms with E-state index >= 15 is 0 Å². The third-order valence-electron chi connectivity index (χ3n) is 6.71. The van der Waals surface area contributed by atoms with Gasteiger partial charge < -0.3 is 31.0 Å². The van der Waals surface area contributed by atoms with Crippen LogP contribution in [0.4, 0.5) is 22.7 Å². The molecule has 4 aromatic rings. The molecule has 0 aliphatic heterocycles. The van der Waals surface area contributed by atoms with Gasteiger partial charge in [-0.05, 0) is 77.7 Å². The van der Waals surface area contributed by atoms with Crippen molar-refractivity contribution in [2.24, 2.45) is 0 Å². The second kappa shape index (κ2) is 17.1. The van der Waals surface area contributed by atoms with Crippen LogP contribution in [0, 0.1) is 23.7 Å². The van der Waals surface area contributed by atoms with Crippen LogP contribution in [0.3, 0.4) is 0 Å². The molecule has 45 heavy (non-hydrogen) atoms. The fourth-order valence-corrected chi connectivity index (χ4v) is 4.56. The summed E-state index contributed by atoms with van der Waals surface area (Å²) >= 11 is 0. The molecule has 0 unspecified atom stereocenters.